The van der Waals surface area contributed by atoms with E-state index in [1.807, 2.05) is 24.4 Å². The van der Waals surface area contributed by atoms with Gasteiger partial charge in [0.25, 0.3) is 6.43 Å². The summed E-state index contributed by atoms with van der Waals surface area (Å²) in [7, 11) is 1.56. The molecular weight excluding hydrogens is 432 g/mol. The van der Waals surface area contributed by atoms with Gasteiger partial charge in [0.2, 0.25) is 11.8 Å². The highest BCUT2D eigenvalue weighted by Crippen LogP contribution is 2.38. The maximum absolute atomic E-state index is 13.2. The molecule has 2 aliphatic rings. The van der Waals surface area contributed by atoms with Gasteiger partial charge in [0.15, 0.2) is 0 Å². The van der Waals surface area contributed by atoms with Gasteiger partial charge in [-0.05, 0) is 30.7 Å². The molecule has 1 N–H and O–H groups in total. The van der Waals surface area contributed by atoms with E-state index in [2.05, 4.69) is 32.6 Å². The van der Waals surface area contributed by atoms with E-state index in [0.717, 1.165) is 24.3 Å². The molecule has 4 heterocycles. The highest BCUT2D eigenvalue weighted by atomic mass is 19.3. The number of ether oxygens (including phenoxy) is 2. The van der Waals surface area contributed by atoms with E-state index >= 15 is 0 Å². The van der Waals surface area contributed by atoms with Crippen LogP contribution in [0.1, 0.15) is 6.92 Å². The lowest BCUT2D eigenvalue weighted by molar-refractivity contribution is -0.0380. The van der Waals surface area contributed by atoms with Gasteiger partial charge in [-0.15, -0.1) is 5.10 Å². The molecule has 5 rings (SSSR count). The fraction of sp³-hybridized carbons (Fsp3) is 0.455. The van der Waals surface area contributed by atoms with Crippen LogP contribution in [0.5, 0.6) is 5.88 Å². The normalized spacial score (nSPS) is 17.1. The Balaban J connectivity index is 1.52. The zero-order chi connectivity index (χ0) is 22.9. The number of azo groups is 1. The summed E-state index contributed by atoms with van der Waals surface area (Å²) in [4.78, 5) is 6.19. The third-order valence-electron chi connectivity index (χ3n) is 6.03. The molecule has 0 saturated carbocycles. The molecule has 0 spiro atoms. The Morgan fingerprint density at radius 1 is 1.27 bits per heavy atom. The number of nitrogens with one attached hydrogen (secondary N) is 1. The van der Waals surface area contributed by atoms with E-state index in [1.54, 1.807) is 22.6 Å². The number of aromatic nitrogens is 3. The Kier molecular flexibility index (Phi) is 5.79. The smallest absolute Gasteiger partial charge is 0.255 e. The third kappa shape index (κ3) is 4.20. The van der Waals surface area contributed by atoms with Gasteiger partial charge >= 0.3 is 0 Å². The van der Waals surface area contributed by atoms with Crippen molar-refractivity contribution in [2.75, 3.05) is 50.2 Å². The van der Waals surface area contributed by atoms with Crippen LogP contribution in [-0.2, 0) is 4.74 Å². The Bertz CT molecular complexity index is 1180. The van der Waals surface area contributed by atoms with Crippen molar-refractivity contribution < 1.29 is 18.3 Å². The number of nitrogens with zero attached hydrogens (tertiary/aromatic N) is 6. The summed E-state index contributed by atoms with van der Waals surface area (Å²) < 4.78 is 38.9. The van der Waals surface area contributed by atoms with E-state index in [1.165, 1.54) is 0 Å². The molecule has 1 atom stereocenters. The molecule has 0 unspecified atom stereocenters. The number of rotatable bonds is 7. The number of methoxy groups -OCH3 is 1. The Morgan fingerprint density at radius 3 is 2.85 bits per heavy atom. The summed E-state index contributed by atoms with van der Waals surface area (Å²) in [6, 6.07) is 7.63. The number of alkyl halides is 2. The topological polar surface area (TPSA) is 88.6 Å². The van der Waals surface area contributed by atoms with Gasteiger partial charge < -0.3 is 19.7 Å². The van der Waals surface area contributed by atoms with Gasteiger partial charge in [-0.2, -0.15) is 15.2 Å². The monoisotopic (exact) mass is 457 g/mol. The summed E-state index contributed by atoms with van der Waals surface area (Å²) in [6.45, 7) is 3.90. The van der Waals surface area contributed by atoms with E-state index in [4.69, 9.17) is 9.47 Å². The molecular formula is C22H25F2N7O2. The second-order valence-electron chi connectivity index (χ2n) is 8.20. The fourth-order valence-electron chi connectivity index (χ4n) is 4.09. The van der Waals surface area contributed by atoms with Crippen LogP contribution >= 0.6 is 0 Å². The molecule has 1 saturated heterocycles. The van der Waals surface area contributed by atoms with Crippen molar-refractivity contribution >= 4 is 22.8 Å². The number of hydrogen-bond donors (Lipinski definition) is 1. The van der Waals surface area contributed by atoms with Crippen molar-refractivity contribution in [2.24, 2.45) is 16.1 Å². The molecule has 174 valence electrons. The van der Waals surface area contributed by atoms with E-state index in [-0.39, 0.29) is 12.6 Å². The summed E-state index contributed by atoms with van der Waals surface area (Å²) >= 11 is 0. The number of anilines is 2. The number of fused-ring (bicyclic) bond motifs is 2. The molecule has 0 aliphatic carbocycles. The molecule has 0 amide bonds. The van der Waals surface area contributed by atoms with Crippen molar-refractivity contribution in [3.05, 3.63) is 30.5 Å². The molecule has 2 aliphatic heterocycles. The zero-order valence-electron chi connectivity index (χ0n) is 18.4. The largest absolute Gasteiger partial charge is 0.479 e. The van der Waals surface area contributed by atoms with E-state index in [9.17, 15) is 8.78 Å². The lowest BCUT2D eigenvalue weighted by Crippen LogP contribution is -2.40. The second kappa shape index (κ2) is 8.89. The predicted molar refractivity (Wildman–Crippen MR) is 120 cm³/mol. The van der Waals surface area contributed by atoms with Gasteiger partial charge in [0.05, 0.1) is 39.1 Å². The van der Waals surface area contributed by atoms with Crippen molar-refractivity contribution in [3.63, 3.8) is 0 Å². The fourth-order valence-corrected chi connectivity index (χ4v) is 4.09. The van der Waals surface area contributed by atoms with Gasteiger partial charge in [-0.3, -0.25) is 0 Å². The molecule has 1 aromatic carbocycles. The lowest BCUT2D eigenvalue weighted by Gasteiger charge is -2.31. The minimum atomic E-state index is -2.46. The quantitative estimate of drug-likeness (QED) is 0.577. The average molecular weight is 457 g/mol. The van der Waals surface area contributed by atoms with Crippen molar-refractivity contribution in [1.82, 2.24) is 14.6 Å². The van der Waals surface area contributed by atoms with Gasteiger partial charge in [0.1, 0.15) is 11.2 Å². The first-order valence-electron chi connectivity index (χ1n) is 10.9. The van der Waals surface area contributed by atoms with E-state index in [0.29, 0.717) is 47.7 Å². The van der Waals surface area contributed by atoms with Crippen molar-refractivity contribution in [2.45, 2.75) is 19.4 Å². The highest BCUT2D eigenvalue weighted by molar-refractivity contribution is 5.87. The van der Waals surface area contributed by atoms with Crippen molar-refractivity contribution in [3.8, 4) is 17.0 Å². The van der Waals surface area contributed by atoms with Crippen LogP contribution in [0.15, 0.2) is 40.7 Å². The van der Waals surface area contributed by atoms with Gasteiger partial charge in [0, 0.05) is 30.3 Å². The average Bonchev–Trinajstić information content (AvgIpc) is 3.08. The van der Waals surface area contributed by atoms with E-state index < -0.39 is 6.43 Å². The number of halogens is 2. The van der Waals surface area contributed by atoms with Crippen LogP contribution in [0.2, 0.25) is 0 Å². The molecule has 0 radical (unpaired) electrons. The van der Waals surface area contributed by atoms with Gasteiger partial charge in [-0.25, -0.2) is 13.3 Å². The molecule has 0 bridgehead atoms. The predicted octanol–water partition coefficient (Wildman–Crippen LogP) is 4.02. The third-order valence-corrected chi connectivity index (χ3v) is 6.03. The molecule has 9 nitrogen and oxygen atoms in total. The first kappa shape index (κ1) is 21.5. The highest BCUT2D eigenvalue weighted by Gasteiger charge is 2.26. The van der Waals surface area contributed by atoms with Crippen LogP contribution in [0, 0.1) is 5.92 Å². The van der Waals surface area contributed by atoms with Gasteiger partial charge in [-0.1, -0.05) is 6.07 Å². The Morgan fingerprint density at radius 2 is 2.12 bits per heavy atom. The van der Waals surface area contributed by atoms with Crippen LogP contribution < -0.4 is 15.0 Å². The molecule has 3 aromatic rings. The Hall–Kier alpha value is -3.34. The van der Waals surface area contributed by atoms with Crippen LogP contribution in [0.4, 0.5) is 26.1 Å². The minimum absolute atomic E-state index is 0.163. The summed E-state index contributed by atoms with van der Waals surface area (Å²) in [5.41, 5.74) is 3.56. The molecule has 11 heteroatoms. The first-order valence-corrected chi connectivity index (χ1v) is 10.9. The summed E-state index contributed by atoms with van der Waals surface area (Å²) in [5.74, 6) is 1.30. The summed E-state index contributed by atoms with van der Waals surface area (Å²) in [5, 5.41) is 16.2. The number of benzene rings is 1. The van der Waals surface area contributed by atoms with Crippen LogP contribution in [0.25, 0.3) is 16.6 Å². The molecule has 1 fully saturated rings. The Labute approximate surface area is 189 Å². The zero-order valence-corrected chi connectivity index (χ0v) is 18.4. The van der Waals surface area contributed by atoms with Crippen molar-refractivity contribution in [1.29, 1.82) is 0 Å². The lowest BCUT2D eigenvalue weighted by atomic mass is 10.0. The molecule has 33 heavy (non-hydrogen) atoms. The summed E-state index contributed by atoms with van der Waals surface area (Å²) in [6.07, 6.45) is -0.623. The maximum Gasteiger partial charge on any atom is 0.255 e. The maximum atomic E-state index is 13.2. The van der Waals surface area contributed by atoms with Crippen LogP contribution in [-0.4, -0.2) is 67.0 Å². The standard InChI is InChI=1S/C22H25F2N7O2/c1-13(15-11-33-12-15)26-22-27-21(32-2)20-16(5-7-31(20)29-22)14-3-4-17-18(9-14)30(10-19(23)24)8-6-25-28-17/h3-5,7,9,13,15,19H,6,8,10-12H2,1-2H3,(H,26,29)/t13-/m0/s1. The van der Waals surface area contributed by atoms with Crippen LogP contribution in [0.3, 0.4) is 0 Å². The SMILES string of the molecule is COc1nc(N[C@@H](C)C2COC2)nn2ccc(-c3ccc4c(c3)N(CC(F)F)CCN=N4)c12. The first-order chi connectivity index (χ1) is 16.0. The second-order valence-corrected chi connectivity index (χ2v) is 8.20. The molecule has 2 aromatic heterocycles. The minimum Gasteiger partial charge on any atom is -0.479 e. The number of hydrogen-bond acceptors (Lipinski definition) is 8.